The summed E-state index contributed by atoms with van der Waals surface area (Å²) in [7, 11) is 1.64. The molecule has 94 valence electrons. The van der Waals surface area contributed by atoms with Crippen LogP contribution >= 0.6 is 27.3 Å². The average molecular weight is 326 g/mol. The van der Waals surface area contributed by atoms with Gasteiger partial charge in [-0.3, -0.25) is 5.43 Å². The first-order valence-electron chi connectivity index (χ1n) is 5.24. The number of aryl methyl sites for hydroxylation is 1. The smallest absolute Gasteiger partial charge is 0.203 e. The minimum absolute atomic E-state index is 0.776. The van der Waals surface area contributed by atoms with Gasteiger partial charge in [-0.25, -0.2) is 4.98 Å². The third-order valence-electron chi connectivity index (χ3n) is 2.17. The molecule has 1 aromatic carbocycles. The number of thiazole rings is 1. The summed E-state index contributed by atoms with van der Waals surface area (Å²) in [5.74, 6) is 0.777. The Morgan fingerprint density at radius 2 is 2.33 bits per heavy atom. The van der Waals surface area contributed by atoms with E-state index >= 15 is 0 Å². The number of halogens is 1. The van der Waals surface area contributed by atoms with Crippen molar-refractivity contribution in [3.05, 3.63) is 39.3 Å². The van der Waals surface area contributed by atoms with E-state index < -0.39 is 0 Å². The van der Waals surface area contributed by atoms with Crippen molar-refractivity contribution in [1.82, 2.24) is 4.98 Å². The van der Waals surface area contributed by atoms with Gasteiger partial charge in [0.1, 0.15) is 5.75 Å². The van der Waals surface area contributed by atoms with Crippen molar-refractivity contribution in [2.75, 3.05) is 12.5 Å². The van der Waals surface area contributed by atoms with E-state index in [0.29, 0.717) is 0 Å². The minimum Gasteiger partial charge on any atom is -0.496 e. The van der Waals surface area contributed by atoms with E-state index in [2.05, 4.69) is 31.4 Å². The van der Waals surface area contributed by atoms with Gasteiger partial charge in [-0.05, 0) is 25.1 Å². The zero-order valence-electron chi connectivity index (χ0n) is 9.98. The molecule has 1 N–H and O–H groups in total. The van der Waals surface area contributed by atoms with Crippen molar-refractivity contribution in [2.24, 2.45) is 5.10 Å². The molecule has 0 saturated carbocycles. The van der Waals surface area contributed by atoms with Crippen molar-refractivity contribution in [2.45, 2.75) is 6.92 Å². The van der Waals surface area contributed by atoms with E-state index in [1.807, 2.05) is 30.5 Å². The third kappa shape index (κ3) is 3.30. The summed E-state index contributed by atoms with van der Waals surface area (Å²) >= 11 is 4.94. The minimum atomic E-state index is 0.776. The lowest BCUT2D eigenvalue weighted by atomic mass is 10.2. The highest BCUT2D eigenvalue weighted by molar-refractivity contribution is 9.10. The quantitative estimate of drug-likeness (QED) is 0.689. The fourth-order valence-corrected chi connectivity index (χ4v) is 2.38. The Bertz CT molecular complexity index is 568. The summed E-state index contributed by atoms with van der Waals surface area (Å²) < 4.78 is 6.24. The van der Waals surface area contributed by atoms with Gasteiger partial charge in [-0.1, -0.05) is 15.9 Å². The highest BCUT2D eigenvalue weighted by Gasteiger charge is 2.01. The van der Waals surface area contributed by atoms with Crippen molar-refractivity contribution < 1.29 is 4.74 Å². The van der Waals surface area contributed by atoms with Crippen LogP contribution in [-0.2, 0) is 0 Å². The molecule has 4 nitrogen and oxygen atoms in total. The number of hydrogen-bond acceptors (Lipinski definition) is 5. The van der Waals surface area contributed by atoms with E-state index in [-0.39, 0.29) is 0 Å². The topological polar surface area (TPSA) is 46.5 Å². The second-order valence-corrected chi connectivity index (χ2v) is 5.32. The Morgan fingerprint density at radius 1 is 1.50 bits per heavy atom. The van der Waals surface area contributed by atoms with Crippen LogP contribution < -0.4 is 10.2 Å². The molecule has 0 atom stereocenters. The molecule has 1 aromatic heterocycles. The predicted molar refractivity (Wildman–Crippen MR) is 78.8 cm³/mol. The predicted octanol–water partition coefficient (Wildman–Crippen LogP) is 3.67. The van der Waals surface area contributed by atoms with Gasteiger partial charge in [0.05, 0.1) is 19.0 Å². The van der Waals surface area contributed by atoms with Gasteiger partial charge in [0.2, 0.25) is 5.13 Å². The van der Waals surface area contributed by atoms with Crippen LogP contribution in [0.2, 0.25) is 0 Å². The van der Waals surface area contributed by atoms with Crippen LogP contribution in [-0.4, -0.2) is 18.3 Å². The van der Waals surface area contributed by atoms with Gasteiger partial charge in [0.15, 0.2) is 0 Å². The molecule has 0 unspecified atom stereocenters. The van der Waals surface area contributed by atoms with E-state index in [1.54, 1.807) is 13.3 Å². The van der Waals surface area contributed by atoms with E-state index in [4.69, 9.17) is 4.74 Å². The first kappa shape index (κ1) is 13.0. The molecule has 0 aliphatic carbocycles. The number of hydrogen-bond donors (Lipinski definition) is 1. The first-order valence-corrected chi connectivity index (χ1v) is 6.91. The molecule has 0 saturated heterocycles. The normalized spacial score (nSPS) is 10.8. The van der Waals surface area contributed by atoms with E-state index in [0.717, 1.165) is 26.6 Å². The second-order valence-electron chi connectivity index (χ2n) is 3.55. The van der Waals surface area contributed by atoms with Crippen LogP contribution in [0.1, 0.15) is 11.3 Å². The summed E-state index contributed by atoms with van der Waals surface area (Å²) in [5.41, 5.74) is 4.77. The zero-order chi connectivity index (χ0) is 13.0. The number of ether oxygens (including phenoxy) is 1. The monoisotopic (exact) mass is 325 g/mol. The Labute approximate surface area is 118 Å². The van der Waals surface area contributed by atoms with Crippen molar-refractivity contribution in [3.8, 4) is 5.75 Å². The van der Waals surface area contributed by atoms with Gasteiger partial charge in [-0.2, -0.15) is 5.10 Å². The van der Waals surface area contributed by atoms with Crippen molar-refractivity contribution in [3.63, 3.8) is 0 Å². The molecule has 0 spiro atoms. The fraction of sp³-hybridized carbons (Fsp3) is 0.167. The molecule has 0 fully saturated rings. The van der Waals surface area contributed by atoms with Gasteiger partial charge in [-0.15, -0.1) is 11.3 Å². The molecule has 1 heterocycles. The number of benzene rings is 1. The van der Waals surface area contributed by atoms with Crippen molar-refractivity contribution >= 4 is 38.6 Å². The molecule has 0 aliphatic heterocycles. The number of aromatic nitrogens is 1. The molecule has 0 bridgehead atoms. The molecule has 2 rings (SSSR count). The molecular weight excluding hydrogens is 314 g/mol. The van der Waals surface area contributed by atoms with E-state index in [9.17, 15) is 0 Å². The molecule has 6 heteroatoms. The average Bonchev–Trinajstić information content (AvgIpc) is 2.75. The molecule has 0 amide bonds. The van der Waals surface area contributed by atoms with E-state index in [1.165, 1.54) is 11.3 Å². The summed E-state index contributed by atoms with van der Waals surface area (Å²) in [4.78, 5) is 4.26. The highest BCUT2D eigenvalue weighted by atomic mass is 79.9. The Kier molecular flexibility index (Phi) is 4.33. The van der Waals surface area contributed by atoms with Gasteiger partial charge in [0, 0.05) is 15.4 Å². The van der Waals surface area contributed by atoms with Crippen molar-refractivity contribution in [1.29, 1.82) is 0 Å². The van der Waals surface area contributed by atoms with Crippen LogP contribution in [0.25, 0.3) is 0 Å². The Balaban J connectivity index is 2.11. The summed E-state index contributed by atoms with van der Waals surface area (Å²) in [5, 5.41) is 6.89. The van der Waals surface area contributed by atoms with Gasteiger partial charge in [0.25, 0.3) is 0 Å². The maximum absolute atomic E-state index is 5.25. The number of rotatable bonds is 4. The van der Waals surface area contributed by atoms with Gasteiger partial charge < -0.3 is 4.74 Å². The van der Waals surface area contributed by atoms with Crippen LogP contribution in [0.15, 0.2) is 33.2 Å². The fourth-order valence-electron chi connectivity index (χ4n) is 1.37. The molecule has 18 heavy (non-hydrogen) atoms. The lowest BCUT2D eigenvalue weighted by Crippen LogP contribution is -1.94. The number of anilines is 1. The molecule has 0 radical (unpaired) electrons. The lowest BCUT2D eigenvalue weighted by molar-refractivity contribution is 0.414. The first-order chi connectivity index (χ1) is 8.69. The number of methoxy groups -OCH3 is 1. The van der Waals surface area contributed by atoms with Crippen LogP contribution in [0, 0.1) is 6.92 Å². The zero-order valence-corrected chi connectivity index (χ0v) is 12.4. The lowest BCUT2D eigenvalue weighted by Gasteiger charge is -2.04. The maximum Gasteiger partial charge on any atom is 0.203 e. The number of hydrazone groups is 1. The maximum atomic E-state index is 5.25. The van der Waals surface area contributed by atoms with Crippen LogP contribution in [0.5, 0.6) is 5.75 Å². The number of nitrogens with one attached hydrogen (secondary N) is 1. The summed E-state index contributed by atoms with van der Waals surface area (Å²) in [6.45, 7) is 1.95. The standard InChI is InChI=1S/C12H12BrN3OS/c1-8-7-18-12(15-8)16-14-6-9-5-10(13)3-4-11(9)17-2/h3-7H,1-2H3,(H,15,16)/b14-6-. The molecule has 0 aliphatic rings. The molecule has 2 aromatic rings. The second kappa shape index (κ2) is 5.97. The Hall–Kier alpha value is -1.40. The summed E-state index contributed by atoms with van der Waals surface area (Å²) in [6, 6.07) is 5.75. The van der Waals surface area contributed by atoms with Crippen LogP contribution in [0.3, 0.4) is 0 Å². The largest absolute Gasteiger partial charge is 0.496 e. The number of nitrogens with zero attached hydrogens (tertiary/aromatic N) is 2. The van der Waals surface area contributed by atoms with Gasteiger partial charge >= 0.3 is 0 Å². The third-order valence-corrected chi connectivity index (χ3v) is 3.53. The summed E-state index contributed by atoms with van der Waals surface area (Å²) in [6.07, 6.45) is 1.71. The Morgan fingerprint density at radius 3 is 3.00 bits per heavy atom. The molecular formula is C12H12BrN3OS. The highest BCUT2D eigenvalue weighted by Crippen LogP contribution is 2.21. The van der Waals surface area contributed by atoms with Crippen LogP contribution in [0.4, 0.5) is 5.13 Å². The SMILES string of the molecule is COc1ccc(Br)cc1/C=N\Nc1nc(C)cs1.